The van der Waals surface area contributed by atoms with Crippen LogP contribution in [0.3, 0.4) is 0 Å². The lowest BCUT2D eigenvalue weighted by atomic mass is 10.0. The fourth-order valence-electron chi connectivity index (χ4n) is 4.11. The SMILES string of the molecule is COC(=O)c1c(-c2ccc(OC)cc2)csc1NC(=O)CN1CCN(Cc2ccc(Cl)c(Cl)c2)CC1. The maximum absolute atomic E-state index is 12.9. The Balaban J connectivity index is 1.35. The van der Waals surface area contributed by atoms with Gasteiger partial charge < -0.3 is 14.8 Å². The van der Waals surface area contributed by atoms with Crippen molar-refractivity contribution in [1.29, 1.82) is 0 Å². The van der Waals surface area contributed by atoms with Crippen molar-refractivity contribution in [2.75, 3.05) is 52.3 Å². The van der Waals surface area contributed by atoms with Gasteiger partial charge in [0.2, 0.25) is 5.91 Å². The molecule has 0 radical (unpaired) electrons. The van der Waals surface area contributed by atoms with Crippen molar-refractivity contribution in [2.24, 2.45) is 0 Å². The highest BCUT2D eigenvalue weighted by Gasteiger charge is 2.24. The molecule has 1 saturated heterocycles. The van der Waals surface area contributed by atoms with Gasteiger partial charge in [-0.1, -0.05) is 41.4 Å². The molecule has 1 N–H and O–H groups in total. The highest BCUT2D eigenvalue weighted by Crippen LogP contribution is 2.36. The van der Waals surface area contributed by atoms with Crippen LogP contribution in [0.5, 0.6) is 5.75 Å². The highest BCUT2D eigenvalue weighted by molar-refractivity contribution is 7.15. The molecular formula is C26H27Cl2N3O4S. The van der Waals surface area contributed by atoms with E-state index in [0.717, 1.165) is 49.6 Å². The zero-order chi connectivity index (χ0) is 25.7. The molecule has 1 fully saturated rings. The van der Waals surface area contributed by atoms with Crippen LogP contribution < -0.4 is 10.1 Å². The smallest absolute Gasteiger partial charge is 0.341 e. The lowest BCUT2D eigenvalue weighted by Crippen LogP contribution is -2.48. The summed E-state index contributed by atoms with van der Waals surface area (Å²) in [4.78, 5) is 29.9. The van der Waals surface area contributed by atoms with E-state index in [1.54, 1.807) is 7.11 Å². The summed E-state index contributed by atoms with van der Waals surface area (Å²) >= 11 is 13.4. The monoisotopic (exact) mass is 547 g/mol. The largest absolute Gasteiger partial charge is 0.497 e. The number of piperazine rings is 1. The molecule has 0 atom stereocenters. The summed E-state index contributed by atoms with van der Waals surface area (Å²) in [6, 6.07) is 13.1. The molecule has 0 bridgehead atoms. The second-order valence-corrected chi connectivity index (χ2v) is 10.1. The van der Waals surface area contributed by atoms with Gasteiger partial charge in [0.05, 0.1) is 30.8 Å². The lowest BCUT2D eigenvalue weighted by Gasteiger charge is -2.34. The fraction of sp³-hybridized carbons (Fsp3) is 0.308. The molecule has 2 aromatic carbocycles. The Morgan fingerprint density at radius 1 is 0.972 bits per heavy atom. The molecule has 0 spiro atoms. The van der Waals surface area contributed by atoms with Crippen LogP contribution in [0.4, 0.5) is 5.00 Å². The van der Waals surface area contributed by atoms with Crippen LogP contribution in [0.2, 0.25) is 10.0 Å². The number of nitrogens with zero attached hydrogens (tertiary/aromatic N) is 2. The van der Waals surface area contributed by atoms with Crippen LogP contribution in [0.15, 0.2) is 47.8 Å². The van der Waals surface area contributed by atoms with Crippen LogP contribution in [-0.2, 0) is 16.1 Å². The molecule has 0 unspecified atom stereocenters. The van der Waals surface area contributed by atoms with E-state index in [0.29, 0.717) is 26.2 Å². The molecule has 1 aromatic heterocycles. The minimum Gasteiger partial charge on any atom is -0.497 e. The average Bonchev–Trinajstić information content (AvgIpc) is 3.30. The van der Waals surface area contributed by atoms with Crippen LogP contribution in [0.1, 0.15) is 15.9 Å². The number of benzene rings is 2. The van der Waals surface area contributed by atoms with Crippen molar-refractivity contribution in [1.82, 2.24) is 9.80 Å². The number of halogens is 2. The molecule has 190 valence electrons. The molecule has 0 aliphatic carbocycles. The Labute approximate surface area is 224 Å². The molecule has 1 aliphatic heterocycles. The molecule has 1 amide bonds. The third kappa shape index (κ3) is 6.38. The number of esters is 1. The highest BCUT2D eigenvalue weighted by atomic mass is 35.5. The first-order valence-electron chi connectivity index (χ1n) is 11.4. The van der Waals surface area contributed by atoms with E-state index in [1.807, 2.05) is 47.8 Å². The van der Waals surface area contributed by atoms with E-state index in [4.69, 9.17) is 32.7 Å². The minimum absolute atomic E-state index is 0.166. The summed E-state index contributed by atoms with van der Waals surface area (Å²) in [6.07, 6.45) is 0. The molecular weight excluding hydrogens is 521 g/mol. The average molecular weight is 548 g/mol. The lowest BCUT2D eigenvalue weighted by molar-refractivity contribution is -0.117. The van der Waals surface area contributed by atoms with Crippen molar-refractivity contribution in [3.8, 4) is 16.9 Å². The fourth-order valence-corrected chi connectivity index (χ4v) is 5.40. The van der Waals surface area contributed by atoms with E-state index in [2.05, 4.69) is 15.1 Å². The summed E-state index contributed by atoms with van der Waals surface area (Å²) in [5.74, 6) is 0.0636. The van der Waals surface area contributed by atoms with Gasteiger partial charge in [0.15, 0.2) is 0 Å². The topological polar surface area (TPSA) is 71.1 Å². The molecule has 0 saturated carbocycles. The van der Waals surface area contributed by atoms with Crippen LogP contribution in [0, 0.1) is 0 Å². The number of carbonyl (C=O) groups is 2. The van der Waals surface area contributed by atoms with E-state index in [9.17, 15) is 9.59 Å². The number of hydrogen-bond donors (Lipinski definition) is 1. The molecule has 10 heteroatoms. The van der Waals surface area contributed by atoms with Crippen molar-refractivity contribution in [3.05, 3.63) is 69.0 Å². The van der Waals surface area contributed by atoms with Gasteiger partial charge in [-0.2, -0.15) is 0 Å². The first-order chi connectivity index (χ1) is 17.4. The number of hydrogen-bond acceptors (Lipinski definition) is 7. The predicted octanol–water partition coefficient (Wildman–Crippen LogP) is 5.27. The van der Waals surface area contributed by atoms with Gasteiger partial charge in [-0.05, 0) is 35.4 Å². The third-order valence-corrected chi connectivity index (χ3v) is 7.69. The minimum atomic E-state index is -0.492. The van der Waals surface area contributed by atoms with Gasteiger partial charge in [0.1, 0.15) is 16.3 Å². The van der Waals surface area contributed by atoms with E-state index < -0.39 is 5.97 Å². The number of amides is 1. The molecule has 36 heavy (non-hydrogen) atoms. The Kier molecular flexibility index (Phi) is 8.87. The zero-order valence-electron chi connectivity index (χ0n) is 20.1. The van der Waals surface area contributed by atoms with Crippen molar-refractivity contribution < 1.29 is 19.1 Å². The van der Waals surface area contributed by atoms with Gasteiger partial charge in [0.25, 0.3) is 0 Å². The molecule has 4 rings (SSSR count). The number of rotatable bonds is 8. The summed E-state index contributed by atoms with van der Waals surface area (Å²) in [7, 11) is 2.93. The van der Waals surface area contributed by atoms with Gasteiger partial charge >= 0.3 is 5.97 Å². The first kappa shape index (κ1) is 26.4. The summed E-state index contributed by atoms with van der Waals surface area (Å²) in [6.45, 7) is 4.23. The summed E-state index contributed by atoms with van der Waals surface area (Å²) in [5.41, 5.74) is 3.01. The number of nitrogens with one attached hydrogen (secondary N) is 1. The summed E-state index contributed by atoms with van der Waals surface area (Å²) < 4.78 is 10.2. The Morgan fingerprint density at radius 2 is 1.67 bits per heavy atom. The van der Waals surface area contributed by atoms with Crippen LogP contribution in [0.25, 0.3) is 11.1 Å². The molecule has 7 nitrogen and oxygen atoms in total. The van der Waals surface area contributed by atoms with Crippen molar-refractivity contribution in [3.63, 3.8) is 0 Å². The Bertz CT molecular complexity index is 1220. The van der Waals surface area contributed by atoms with Gasteiger partial charge in [0, 0.05) is 43.7 Å². The van der Waals surface area contributed by atoms with E-state index >= 15 is 0 Å². The van der Waals surface area contributed by atoms with Crippen LogP contribution in [-0.4, -0.2) is 68.6 Å². The van der Waals surface area contributed by atoms with Crippen LogP contribution >= 0.6 is 34.5 Å². The normalized spacial score (nSPS) is 14.4. The molecule has 1 aliphatic rings. The third-order valence-electron chi connectivity index (χ3n) is 6.06. The Hall–Kier alpha value is -2.62. The summed E-state index contributed by atoms with van der Waals surface area (Å²) in [5, 5.41) is 6.36. The van der Waals surface area contributed by atoms with E-state index in [-0.39, 0.29) is 12.5 Å². The predicted molar refractivity (Wildman–Crippen MR) is 144 cm³/mol. The van der Waals surface area contributed by atoms with Gasteiger partial charge in [-0.25, -0.2) is 4.79 Å². The first-order valence-corrected chi connectivity index (χ1v) is 13.0. The standard InChI is InChI=1S/C26H27Cl2N3O4S/c1-34-19-6-4-18(5-7-19)20-16-36-25(24(20)26(33)35-2)29-23(32)15-31-11-9-30(10-12-31)14-17-3-8-21(27)22(28)13-17/h3-8,13,16H,9-12,14-15H2,1-2H3,(H,29,32). The number of carbonyl (C=O) groups excluding carboxylic acids is 2. The van der Waals surface area contributed by atoms with Gasteiger partial charge in [-0.3, -0.25) is 14.6 Å². The Morgan fingerprint density at radius 3 is 2.31 bits per heavy atom. The van der Waals surface area contributed by atoms with Gasteiger partial charge in [-0.15, -0.1) is 11.3 Å². The maximum atomic E-state index is 12.9. The quantitative estimate of drug-likeness (QED) is 0.387. The van der Waals surface area contributed by atoms with E-state index in [1.165, 1.54) is 18.4 Å². The van der Waals surface area contributed by atoms with Crippen molar-refractivity contribution >= 4 is 51.4 Å². The number of ether oxygens (including phenoxy) is 2. The zero-order valence-corrected chi connectivity index (χ0v) is 22.4. The molecule has 2 heterocycles. The molecule has 3 aromatic rings. The second kappa shape index (κ2) is 12.1. The number of thiophene rings is 1. The number of anilines is 1. The number of methoxy groups -OCH3 is 2. The van der Waals surface area contributed by atoms with Crippen molar-refractivity contribution in [2.45, 2.75) is 6.54 Å². The second-order valence-electron chi connectivity index (χ2n) is 8.42. The maximum Gasteiger partial charge on any atom is 0.341 e.